The van der Waals surface area contributed by atoms with Gasteiger partial charge < -0.3 is 15.6 Å². The molecular formula is C11H13N3O3S. The zero-order chi connectivity index (χ0) is 13.0. The van der Waals surface area contributed by atoms with Gasteiger partial charge in [-0.2, -0.15) is 0 Å². The van der Waals surface area contributed by atoms with Gasteiger partial charge in [0.15, 0.2) is 11.6 Å². The molecule has 0 spiro atoms. The molecule has 0 radical (unpaired) electrons. The lowest BCUT2D eigenvalue weighted by Crippen LogP contribution is -2.14. The van der Waals surface area contributed by atoms with Crippen LogP contribution in [0.3, 0.4) is 0 Å². The maximum Gasteiger partial charge on any atom is 0.309 e. The van der Waals surface area contributed by atoms with Gasteiger partial charge >= 0.3 is 4.87 Å². The number of nitrogens with zero attached hydrogens (tertiary/aromatic N) is 2. The fourth-order valence-electron chi connectivity index (χ4n) is 1.46. The van der Waals surface area contributed by atoms with Crippen LogP contribution in [0, 0.1) is 0 Å². The standard InChI is InChI=1S/C11H13N3O3S/c12-10-8(3-1-4-13-10)17-6-2-5-14-9(15)7-18-11(14)16/h1,3-4,7,15H,2,5-6H2,(H2,12,13). The molecule has 0 saturated carbocycles. The SMILES string of the molecule is Nc1ncccc1OCCCn1c(O)csc1=O. The Morgan fingerprint density at radius 1 is 1.56 bits per heavy atom. The van der Waals surface area contributed by atoms with Crippen molar-refractivity contribution in [1.82, 2.24) is 9.55 Å². The molecule has 2 heterocycles. The molecule has 0 aromatic carbocycles. The molecule has 0 aliphatic carbocycles. The molecule has 2 aromatic heterocycles. The van der Waals surface area contributed by atoms with Gasteiger partial charge in [0, 0.05) is 12.7 Å². The number of aromatic hydroxyl groups is 1. The van der Waals surface area contributed by atoms with E-state index in [1.165, 1.54) is 9.95 Å². The van der Waals surface area contributed by atoms with E-state index in [1.807, 2.05) is 0 Å². The number of hydrogen-bond donors (Lipinski definition) is 2. The van der Waals surface area contributed by atoms with E-state index >= 15 is 0 Å². The van der Waals surface area contributed by atoms with E-state index in [-0.39, 0.29) is 10.8 Å². The third-order valence-electron chi connectivity index (χ3n) is 2.35. The van der Waals surface area contributed by atoms with E-state index in [0.717, 1.165) is 11.3 Å². The molecule has 6 nitrogen and oxygen atoms in total. The summed E-state index contributed by atoms with van der Waals surface area (Å²) in [5, 5.41) is 10.8. The van der Waals surface area contributed by atoms with Crippen molar-refractivity contribution in [2.75, 3.05) is 12.3 Å². The normalized spacial score (nSPS) is 10.4. The maximum absolute atomic E-state index is 11.3. The largest absolute Gasteiger partial charge is 0.494 e. The minimum Gasteiger partial charge on any atom is -0.494 e. The van der Waals surface area contributed by atoms with Crippen LogP contribution in [0.15, 0.2) is 28.5 Å². The summed E-state index contributed by atoms with van der Waals surface area (Å²) >= 11 is 0.974. The number of thiazole rings is 1. The van der Waals surface area contributed by atoms with Crippen LogP contribution in [0.2, 0.25) is 0 Å². The van der Waals surface area contributed by atoms with Crippen LogP contribution in [-0.4, -0.2) is 21.3 Å². The average Bonchev–Trinajstić information content (AvgIpc) is 2.67. The van der Waals surface area contributed by atoms with E-state index < -0.39 is 0 Å². The van der Waals surface area contributed by atoms with Crippen molar-refractivity contribution >= 4 is 17.2 Å². The van der Waals surface area contributed by atoms with Crippen molar-refractivity contribution in [1.29, 1.82) is 0 Å². The highest BCUT2D eigenvalue weighted by Crippen LogP contribution is 2.17. The van der Waals surface area contributed by atoms with Gasteiger partial charge in [-0.25, -0.2) is 4.98 Å². The molecule has 0 unspecified atom stereocenters. The quantitative estimate of drug-likeness (QED) is 0.790. The first kappa shape index (κ1) is 12.4. The van der Waals surface area contributed by atoms with Crippen molar-refractivity contribution < 1.29 is 9.84 Å². The highest BCUT2D eigenvalue weighted by molar-refractivity contribution is 7.07. The minimum atomic E-state index is -0.173. The summed E-state index contributed by atoms with van der Waals surface area (Å²) in [6, 6.07) is 3.47. The number of anilines is 1. The van der Waals surface area contributed by atoms with Gasteiger partial charge in [0.25, 0.3) is 0 Å². The van der Waals surface area contributed by atoms with Crippen LogP contribution >= 0.6 is 11.3 Å². The van der Waals surface area contributed by atoms with Crippen molar-refractivity contribution in [3.05, 3.63) is 33.4 Å². The lowest BCUT2D eigenvalue weighted by Gasteiger charge is -2.08. The monoisotopic (exact) mass is 267 g/mol. The molecule has 96 valence electrons. The Balaban J connectivity index is 1.84. The first-order valence-corrected chi connectivity index (χ1v) is 6.27. The Bertz CT molecular complexity index is 579. The van der Waals surface area contributed by atoms with Crippen LogP contribution in [0.5, 0.6) is 11.6 Å². The van der Waals surface area contributed by atoms with Crippen molar-refractivity contribution in [3.8, 4) is 11.6 Å². The summed E-state index contributed by atoms with van der Waals surface area (Å²) in [4.78, 5) is 15.0. The summed E-state index contributed by atoms with van der Waals surface area (Å²) in [6.45, 7) is 0.811. The van der Waals surface area contributed by atoms with E-state index in [4.69, 9.17) is 10.5 Å². The summed E-state index contributed by atoms with van der Waals surface area (Å²) < 4.78 is 6.74. The Labute approximate surface area is 107 Å². The highest BCUT2D eigenvalue weighted by atomic mass is 32.1. The zero-order valence-electron chi connectivity index (χ0n) is 9.57. The molecule has 0 fully saturated rings. The van der Waals surface area contributed by atoms with Gasteiger partial charge in [-0.1, -0.05) is 11.3 Å². The topological polar surface area (TPSA) is 90.4 Å². The molecule has 0 amide bonds. The molecule has 0 bridgehead atoms. The summed E-state index contributed by atoms with van der Waals surface area (Å²) in [5.41, 5.74) is 5.62. The number of ether oxygens (including phenoxy) is 1. The van der Waals surface area contributed by atoms with E-state index in [0.29, 0.717) is 31.1 Å². The first-order chi connectivity index (χ1) is 8.68. The fourth-order valence-corrected chi connectivity index (χ4v) is 2.10. The molecule has 0 saturated heterocycles. The van der Waals surface area contributed by atoms with Crippen LogP contribution in [-0.2, 0) is 6.54 Å². The third-order valence-corrected chi connectivity index (χ3v) is 3.10. The van der Waals surface area contributed by atoms with Gasteiger partial charge in [-0.3, -0.25) is 9.36 Å². The number of rotatable bonds is 5. The highest BCUT2D eigenvalue weighted by Gasteiger charge is 2.05. The lowest BCUT2D eigenvalue weighted by atomic mass is 10.4. The first-order valence-electron chi connectivity index (χ1n) is 5.39. The molecule has 2 aromatic rings. The van der Waals surface area contributed by atoms with Crippen LogP contribution in [0.25, 0.3) is 0 Å². The number of pyridine rings is 1. The predicted octanol–water partition coefficient (Wildman–Crippen LogP) is 1.06. The van der Waals surface area contributed by atoms with Crippen molar-refractivity contribution in [2.45, 2.75) is 13.0 Å². The molecule has 18 heavy (non-hydrogen) atoms. The number of aromatic nitrogens is 2. The molecule has 7 heteroatoms. The number of nitrogen functional groups attached to an aromatic ring is 1. The second-order valence-corrected chi connectivity index (χ2v) is 4.42. The molecule has 0 aliphatic rings. The van der Waals surface area contributed by atoms with Crippen molar-refractivity contribution in [3.63, 3.8) is 0 Å². The van der Waals surface area contributed by atoms with Crippen LogP contribution < -0.4 is 15.3 Å². The van der Waals surface area contributed by atoms with E-state index in [1.54, 1.807) is 18.3 Å². The van der Waals surface area contributed by atoms with Gasteiger partial charge in [-0.15, -0.1) is 0 Å². The van der Waals surface area contributed by atoms with E-state index in [9.17, 15) is 9.90 Å². The van der Waals surface area contributed by atoms with Gasteiger partial charge in [-0.05, 0) is 18.6 Å². The minimum absolute atomic E-state index is 0.00843. The Hall–Kier alpha value is -2.02. The maximum atomic E-state index is 11.3. The Morgan fingerprint density at radius 2 is 2.39 bits per heavy atom. The van der Waals surface area contributed by atoms with Crippen LogP contribution in [0.4, 0.5) is 5.82 Å². The summed E-state index contributed by atoms with van der Waals surface area (Å²) in [5.74, 6) is 0.860. The number of hydrogen-bond acceptors (Lipinski definition) is 6. The lowest BCUT2D eigenvalue weighted by molar-refractivity contribution is 0.296. The average molecular weight is 267 g/mol. The predicted molar refractivity (Wildman–Crippen MR) is 69.0 cm³/mol. The van der Waals surface area contributed by atoms with Gasteiger partial charge in [0.05, 0.1) is 12.0 Å². The second kappa shape index (κ2) is 5.54. The fraction of sp³-hybridized carbons (Fsp3) is 0.273. The number of nitrogens with two attached hydrogens (primary N) is 1. The molecular weight excluding hydrogens is 254 g/mol. The molecule has 2 rings (SSSR count). The molecule has 3 N–H and O–H groups in total. The van der Waals surface area contributed by atoms with Crippen molar-refractivity contribution in [2.24, 2.45) is 0 Å². The smallest absolute Gasteiger partial charge is 0.309 e. The van der Waals surface area contributed by atoms with E-state index in [2.05, 4.69) is 4.98 Å². The van der Waals surface area contributed by atoms with Gasteiger partial charge in [0.1, 0.15) is 0 Å². The Morgan fingerprint density at radius 3 is 3.06 bits per heavy atom. The zero-order valence-corrected chi connectivity index (χ0v) is 10.4. The second-order valence-electron chi connectivity index (χ2n) is 3.60. The van der Waals surface area contributed by atoms with Gasteiger partial charge in [0.2, 0.25) is 5.88 Å². The van der Waals surface area contributed by atoms with Crippen LogP contribution in [0.1, 0.15) is 6.42 Å². The molecule has 0 atom stereocenters. The summed E-state index contributed by atoms with van der Waals surface area (Å²) in [6.07, 6.45) is 2.18. The summed E-state index contributed by atoms with van der Waals surface area (Å²) in [7, 11) is 0. The molecule has 0 aliphatic heterocycles. The third kappa shape index (κ3) is 2.80. The Kier molecular flexibility index (Phi) is 3.83.